The number of sulfonamides is 1. The second kappa shape index (κ2) is 9.07. The van der Waals surface area contributed by atoms with Crippen molar-refractivity contribution in [2.75, 3.05) is 18.5 Å². The van der Waals surface area contributed by atoms with E-state index in [1.165, 1.54) is 37.3 Å². The lowest BCUT2D eigenvalue weighted by Gasteiger charge is -2.17. The molecule has 3 rings (SSSR count). The van der Waals surface area contributed by atoms with E-state index in [2.05, 4.69) is 15.0 Å². The number of halogens is 1. The van der Waals surface area contributed by atoms with Gasteiger partial charge >= 0.3 is 0 Å². The summed E-state index contributed by atoms with van der Waals surface area (Å²) in [5.74, 6) is -0.745. The number of amides is 1. The van der Waals surface area contributed by atoms with Gasteiger partial charge in [-0.2, -0.15) is 0 Å². The molecule has 0 spiro atoms. The number of aryl methyl sites for hydroxylation is 1. The molecule has 1 unspecified atom stereocenters. The van der Waals surface area contributed by atoms with Crippen LogP contribution in [0.15, 0.2) is 35.2 Å². The molecule has 0 radical (unpaired) electrons. The number of hydrogen-bond acceptors (Lipinski definition) is 6. The highest BCUT2D eigenvalue weighted by molar-refractivity contribution is 7.89. The number of ether oxygens (including phenoxy) is 2. The Labute approximate surface area is 174 Å². The zero-order valence-electron chi connectivity index (χ0n) is 16.9. The summed E-state index contributed by atoms with van der Waals surface area (Å²) in [5, 5.41) is 2.56. The molecule has 30 heavy (non-hydrogen) atoms. The monoisotopic (exact) mass is 437 g/mol. The van der Waals surface area contributed by atoms with Gasteiger partial charge < -0.3 is 14.8 Å². The van der Waals surface area contributed by atoms with Crippen LogP contribution in [0.2, 0.25) is 0 Å². The van der Waals surface area contributed by atoms with Gasteiger partial charge in [0, 0.05) is 12.6 Å². The normalized spacial score (nSPS) is 16.6. The molecule has 162 valence electrons. The second-order valence-electron chi connectivity index (χ2n) is 7.22. The quantitative estimate of drug-likeness (QED) is 0.690. The van der Waals surface area contributed by atoms with Gasteiger partial charge in [-0.05, 0) is 57.5 Å². The molecule has 1 aromatic heterocycles. The van der Waals surface area contributed by atoms with Gasteiger partial charge in [-0.3, -0.25) is 4.79 Å². The average molecular weight is 437 g/mol. The number of aromatic nitrogens is 1. The Kier molecular flexibility index (Phi) is 6.69. The predicted molar refractivity (Wildman–Crippen MR) is 109 cm³/mol. The molecule has 2 aromatic rings. The van der Waals surface area contributed by atoms with Crippen molar-refractivity contribution in [3.8, 4) is 5.75 Å². The molecule has 2 N–H and O–H groups in total. The van der Waals surface area contributed by atoms with E-state index in [1.807, 2.05) is 0 Å². The maximum Gasteiger partial charge on any atom is 0.260 e. The molecule has 1 aliphatic heterocycles. The summed E-state index contributed by atoms with van der Waals surface area (Å²) in [6.07, 6.45) is 0.343. The summed E-state index contributed by atoms with van der Waals surface area (Å²) < 4.78 is 52.4. The van der Waals surface area contributed by atoms with Crippen LogP contribution in [0.3, 0.4) is 0 Å². The van der Waals surface area contributed by atoms with E-state index in [4.69, 9.17) is 9.47 Å². The number of benzene rings is 1. The standard InChI is InChI=1S/C20H24FN3O5S/c1-12(2)29-18-6-4-15(30(26,27)24-14-8-9-28-11-14)10-16(18)20(25)23-19-7-5-17(21)13(3)22-19/h4-7,10,12,14,24H,8-9,11H2,1-3H3,(H,22,23,25). The zero-order valence-corrected chi connectivity index (χ0v) is 17.8. The van der Waals surface area contributed by atoms with Gasteiger partial charge in [0.15, 0.2) is 0 Å². The first kappa shape index (κ1) is 22.1. The van der Waals surface area contributed by atoms with Gasteiger partial charge in [0.25, 0.3) is 5.91 Å². The van der Waals surface area contributed by atoms with Crippen LogP contribution in [0.25, 0.3) is 0 Å². The van der Waals surface area contributed by atoms with Crippen LogP contribution >= 0.6 is 0 Å². The zero-order chi connectivity index (χ0) is 21.9. The minimum Gasteiger partial charge on any atom is -0.490 e. The summed E-state index contributed by atoms with van der Waals surface area (Å²) in [7, 11) is -3.86. The highest BCUT2D eigenvalue weighted by Crippen LogP contribution is 2.25. The van der Waals surface area contributed by atoms with Crippen molar-refractivity contribution in [3.63, 3.8) is 0 Å². The average Bonchev–Trinajstić information content (AvgIpc) is 3.16. The third kappa shape index (κ3) is 5.32. The molecule has 1 amide bonds. The Morgan fingerprint density at radius 3 is 2.70 bits per heavy atom. The smallest absolute Gasteiger partial charge is 0.260 e. The van der Waals surface area contributed by atoms with E-state index in [0.29, 0.717) is 19.6 Å². The summed E-state index contributed by atoms with van der Waals surface area (Å²) in [4.78, 5) is 16.8. The molecule has 1 saturated heterocycles. The van der Waals surface area contributed by atoms with Gasteiger partial charge in [0.2, 0.25) is 10.0 Å². The van der Waals surface area contributed by atoms with Crippen molar-refractivity contribution in [2.24, 2.45) is 0 Å². The Bertz CT molecular complexity index is 1040. The number of hydrogen-bond donors (Lipinski definition) is 2. The summed E-state index contributed by atoms with van der Waals surface area (Å²) in [5.41, 5.74) is 0.156. The Morgan fingerprint density at radius 2 is 2.07 bits per heavy atom. The fourth-order valence-corrected chi connectivity index (χ4v) is 4.20. The number of rotatable bonds is 7. The number of pyridine rings is 1. The van der Waals surface area contributed by atoms with Gasteiger partial charge in [-0.15, -0.1) is 0 Å². The number of nitrogens with zero attached hydrogens (tertiary/aromatic N) is 1. The molecule has 1 fully saturated rings. The first-order chi connectivity index (χ1) is 14.2. The van der Waals surface area contributed by atoms with E-state index < -0.39 is 21.7 Å². The summed E-state index contributed by atoms with van der Waals surface area (Å²) in [6.45, 7) is 5.85. The van der Waals surface area contributed by atoms with Crippen LogP contribution in [0.1, 0.15) is 36.3 Å². The van der Waals surface area contributed by atoms with Crippen LogP contribution in [-0.4, -0.2) is 44.7 Å². The molecular formula is C20H24FN3O5S. The third-order valence-corrected chi connectivity index (χ3v) is 5.90. The van der Waals surface area contributed by atoms with Crippen LogP contribution in [-0.2, 0) is 14.8 Å². The van der Waals surface area contributed by atoms with Gasteiger partial charge in [0.1, 0.15) is 17.4 Å². The Morgan fingerprint density at radius 1 is 1.30 bits per heavy atom. The first-order valence-electron chi connectivity index (χ1n) is 9.51. The van der Waals surface area contributed by atoms with E-state index in [-0.39, 0.29) is 39.9 Å². The van der Waals surface area contributed by atoms with Crippen molar-refractivity contribution in [3.05, 3.63) is 47.4 Å². The van der Waals surface area contributed by atoms with E-state index in [0.717, 1.165) is 0 Å². The van der Waals surface area contributed by atoms with Crippen LogP contribution in [0.5, 0.6) is 5.75 Å². The fourth-order valence-electron chi connectivity index (χ4n) is 2.92. The molecule has 8 nitrogen and oxygen atoms in total. The minimum absolute atomic E-state index is 0.0259. The largest absolute Gasteiger partial charge is 0.490 e. The van der Waals surface area contributed by atoms with E-state index >= 15 is 0 Å². The summed E-state index contributed by atoms with van der Waals surface area (Å²) >= 11 is 0. The first-order valence-corrected chi connectivity index (χ1v) is 11.0. The topological polar surface area (TPSA) is 107 Å². The predicted octanol–water partition coefficient (Wildman–Crippen LogP) is 2.64. The van der Waals surface area contributed by atoms with Crippen LogP contribution in [0.4, 0.5) is 10.2 Å². The number of carbonyl (C=O) groups is 1. The number of anilines is 1. The maximum atomic E-state index is 13.4. The number of nitrogens with one attached hydrogen (secondary N) is 2. The van der Waals surface area contributed by atoms with Crippen molar-refractivity contribution in [1.82, 2.24) is 9.71 Å². The Balaban J connectivity index is 1.91. The lowest BCUT2D eigenvalue weighted by Crippen LogP contribution is -2.35. The van der Waals surface area contributed by atoms with Crippen LogP contribution < -0.4 is 14.8 Å². The maximum absolute atomic E-state index is 13.4. The fraction of sp³-hybridized carbons (Fsp3) is 0.400. The van der Waals surface area contributed by atoms with Crippen molar-refractivity contribution < 1.29 is 27.1 Å². The highest BCUT2D eigenvalue weighted by atomic mass is 32.2. The lowest BCUT2D eigenvalue weighted by atomic mass is 10.2. The molecule has 1 aromatic carbocycles. The molecular weight excluding hydrogens is 413 g/mol. The molecule has 0 saturated carbocycles. The number of carbonyl (C=O) groups excluding carboxylic acids is 1. The SMILES string of the molecule is Cc1nc(NC(=O)c2cc(S(=O)(=O)NC3CCOC3)ccc2OC(C)C)ccc1F. The second-order valence-corrected chi connectivity index (χ2v) is 8.94. The summed E-state index contributed by atoms with van der Waals surface area (Å²) in [6, 6.07) is 6.28. The van der Waals surface area contributed by atoms with E-state index in [1.54, 1.807) is 13.8 Å². The molecule has 1 aliphatic rings. The van der Waals surface area contributed by atoms with Crippen LogP contribution in [0, 0.1) is 12.7 Å². The molecule has 1 atom stereocenters. The van der Waals surface area contributed by atoms with Crippen molar-refractivity contribution in [2.45, 2.75) is 44.2 Å². The van der Waals surface area contributed by atoms with Gasteiger partial charge in [-0.25, -0.2) is 22.5 Å². The molecule has 0 bridgehead atoms. The van der Waals surface area contributed by atoms with Gasteiger partial charge in [0.05, 0.1) is 28.9 Å². The van der Waals surface area contributed by atoms with Crippen molar-refractivity contribution >= 4 is 21.7 Å². The molecule has 2 heterocycles. The molecule has 0 aliphatic carbocycles. The van der Waals surface area contributed by atoms with Crippen molar-refractivity contribution in [1.29, 1.82) is 0 Å². The minimum atomic E-state index is -3.86. The highest BCUT2D eigenvalue weighted by Gasteiger charge is 2.26. The third-order valence-electron chi connectivity index (χ3n) is 4.38. The van der Waals surface area contributed by atoms with Gasteiger partial charge in [-0.1, -0.05) is 0 Å². The molecule has 10 heteroatoms. The van der Waals surface area contributed by atoms with E-state index in [9.17, 15) is 17.6 Å². The Hall–Kier alpha value is -2.56. The lowest BCUT2D eigenvalue weighted by molar-refractivity contribution is 0.102.